The zero-order valence-corrected chi connectivity index (χ0v) is 17.0. The summed E-state index contributed by atoms with van der Waals surface area (Å²) in [5.74, 6) is 1.22. The van der Waals surface area contributed by atoms with Gasteiger partial charge in [-0.2, -0.15) is 8.78 Å². The van der Waals surface area contributed by atoms with Crippen LogP contribution in [0.3, 0.4) is 0 Å². The third-order valence-corrected chi connectivity index (χ3v) is 4.52. The van der Waals surface area contributed by atoms with Crippen LogP contribution in [0.5, 0.6) is 11.5 Å². The number of methoxy groups -OCH3 is 1. The monoisotopic (exact) mass is 412 g/mol. The summed E-state index contributed by atoms with van der Waals surface area (Å²) in [5, 5.41) is 6.41. The lowest BCUT2D eigenvalue weighted by Crippen LogP contribution is -2.38. The molecule has 0 saturated carbocycles. The molecule has 0 unspecified atom stereocenters. The van der Waals surface area contributed by atoms with Crippen molar-refractivity contribution in [3.8, 4) is 11.5 Å². The highest BCUT2D eigenvalue weighted by Crippen LogP contribution is 2.29. The Balaban J connectivity index is 1.81. The third kappa shape index (κ3) is 7.75. The molecule has 9 heteroatoms. The maximum atomic E-state index is 12.5. The van der Waals surface area contributed by atoms with E-state index in [1.807, 2.05) is 17.9 Å². The third-order valence-electron chi connectivity index (χ3n) is 4.52. The number of amides is 1. The second kappa shape index (κ2) is 12.1. The molecule has 1 aromatic rings. The summed E-state index contributed by atoms with van der Waals surface area (Å²) in [6.45, 7) is 2.59. The molecule has 162 valence electrons. The molecule has 7 nitrogen and oxygen atoms in total. The highest BCUT2D eigenvalue weighted by Gasteiger charge is 2.18. The Morgan fingerprint density at radius 3 is 2.79 bits per heavy atom. The Kier molecular flexibility index (Phi) is 9.46. The predicted molar refractivity (Wildman–Crippen MR) is 108 cm³/mol. The van der Waals surface area contributed by atoms with Crippen molar-refractivity contribution in [3.05, 3.63) is 23.8 Å². The smallest absolute Gasteiger partial charge is 0.387 e. The van der Waals surface area contributed by atoms with E-state index >= 15 is 0 Å². The highest BCUT2D eigenvalue weighted by atomic mass is 19.3. The summed E-state index contributed by atoms with van der Waals surface area (Å²) in [6, 6.07) is 4.99. The molecule has 0 aliphatic carbocycles. The standard InChI is InChI=1S/C20H30F2N4O3/c1-3-23-20(24-10-5-13-26-12-4-6-18(26)27)25-11-9-15-7-8-16(28-2)17(14-15)29-19(21)22/h7-8,14,19H,3-6,9-13H2,1-2H3,(H2,23,24,25). The number of nitrogens with zero attached hydrogens (tertiary/aromatic N) is 2. The number of likely N-dealkylation sites (tertiary alicyclic amines) is 1. The first-order chi connectivity index (χ1) is 14.0. The van der Waals surface area contributed by atoms with E-state index in [0.717, 1.165) is 38.0 Å². The van der Waals surface area contributed by atoms with E-state index in [9.17, 15) is 13.6 Å². The van der Waals surface area contributed by atoms with Crippen LogP contribution in [0.1, 0.15) is 31.7 Å². The van der Waals surface area contributed by atoms with E-state index in [-0.39, 0.29) is 17.4 Å². The van der Waals surface area contributed by atoms with Gasteiger partial charge in [0.25, 0.3) is 0 Å². The molecule has 1 aliphatic rings. The van der Waals surface area contributed by atoms with Crippen LogP contribution in [0, 0.1) is 0 Å². The average Bonchev–Trinajstić information content (AvgIpc) is 3.09. The van der Waals surface area contributed by atoms with Crippen molar-refractivity contribution in [1.82, 2.24) is 15.5 Å². The van der Waals surface area contributed by atoms with Gasteiger partial charge in [0.2, 0.25) is 5.91 Å². The highest BCUT2D eigenvalue weighted by molar-refractivity contribution is 5.79. The summed E-state index contributed by atoms with van der Waals surface area (Å²) in [4.78, 5) is 18.0. The molecule has 0 aromatic heterocycles. The van der Waals surface area contributed by atoms with Crippen LogP contribution in [0.25, 0.3) is 0 Å². The van der Waals surface area contributed by atoms with Gasteiger partial charge < -0.3 is 25.0 Å². The van der Waals surface area contributed by atoms with Gasteiger partial charge in [0.15, 0.2) is 17.5 Å². The van der Waals surface area contributed by atoms with Crippen molar-refractivity contribution >= 4 is 11.9 Å². The maximum Gasteiger partial charge on any atom is 0.387 e. The number of guanidine groups is 1. The number of carbonyl (C=O) groups is 1. The summed E-state index contributed by atoms with van der Waals surface area (Å²) in [6.07, 6.45) is 3.02. The molecule has 1 fully saturated rings. The number of hydrogen-bond acceptors (Lipinski definition) is 4. The quantitative estimate of drug-likeness (QED) is 0.332. The number of benzene rings is 1. The van der Waals surface area contributed by atoms with E-state index < -0.39 is 6.61 Å². The van der Waals surface area contributed by atoms with Gasteiger partial charge in [-0.25, -0.2) is 0 Å². The van der Waals surface area contributed by atoms with Gasteiger partial charge in [0.1, 0.15) is 0 Å². The van der Waals surface area contributed by atoms with Crippen molar-refractivity contribution in [1.29, 1.82) is 0 Å². The van der Waals surface area contributed by atoms with Crippen LogP contribution in [-0.4, -0.2) is 63.2 Å². The Labute approximate surface area is 170 Å². The number of rotatable bonds is 11. The fourth-order valence-electron chi connectivity index (χ4n) is 3.12. The van der Waals surface area contributed by atoms with Gasteiger partial charge in [-0.15, -0.1) is 0 Å². The van der Waals surface area contributed by atoms with Crippen molar-refractivity contribution in [2.75, 3.05) is 39.8 Å². The largest absolute Gasteiger partial charge is 0.493 e. The first kappa shape index (κ1) is 22.7. The number of carbonyl (C=O) groups excluding carboxylic acids is 1. The Morgan fingerprint density at radius 2 is 2.14 bits per heavy atom. The van der Waals surface area contributed by atoms with Gasteiger partial charge in [0.05, 0.1) is 7.11 Å². The molecule has 0 radical (unpaired) electrons. The lowest BCUT2D eigenvalue weighted by atomic mass is 10.1. The number of nitrogens with one attached hydrogen (secondary N) is 2. The van der Waals surface area contributed by atoms with Crippen molar-refractivity contribution < 1.29 is 23.0 Å². The summed E-state index contributed by atoms with van der Waals surface area (Å²) < 4.78 is 34.6. The predicted octanol–water partition coefficient (Wildman–Crippen LogP) is 2.41. The van der Waals surface area contributed by atoms with Crippen molar-refractivity contribution in [3.63, 3.8) is 0 Å². The SMILES string of the molecule is CCNC(=NCCCN1CCCC1=O)NCCc1ccc(OC)c(OC(F)F)c1. The first-order valence-corrected chi connectivity index (χ1v) is 9.95. The number of alkyl halides is 2. The number of hydrogen-bond donors (Lipinski definition) is 2. The van der Waals surface area contributed by atoms with Gasteiger partial charge >= 0.3 is 6.61 Å². The average molecular weight is 412 g/mol. The topological polar surface area (TPSA) is 75.2 Å². The lowest BCUT2D eigenvalue weighted by Gasteiger charge is -2.15. The molecular weight excluding hydrogens is 382 g/mol. The maximum absolute atomic E-state index is 12.5. The molecule has 1 amide bonds. The summed E-state index contributed by atoms with van der Waals surface area (Å²) in [7, 11) is 1.41. The summed E-state index contributed by atoms with van der Waals surface area (Å²) in [5.41, 5.74) is 0.845. The van der Waals surface area contributed by atoms with Gasteiger partial charge in [-0.05, 0) is 43.9 Å². The van der Waals surface area contributed by atoms with Crippen LogP contribution in [0.2, 0.25) is 0 Å². The summed E-state index contributed by atoms with van der Waals surface area (Å²) >= 11 is 0. The molecule has 1 saturated heterocycles. The first-order valence-electron chi connectivity index (χ1n) is 9.95. The molecule has 2 N–H and O–H groups in total. The number of aliphatic imine (C=N–C) groups is 1. The van der Waals surface area contributed by atoms with E-state index in [1.165, 1.54) is 7.11 Å². The molecule has 0 bridgehead atoms. The minimum Gasteiger partial charge on any atom is -0.493 e. The van der Waals surface area contributed by atoms with E-state index in [4.69, 9.17) is 4.74 Å². The Morgan fingerprint density at radius 1 is 1.31 bits per heavy atom. The minimum atomic E-state index is -2.90. The molecule has 1 heterocycles. The lowest BCUT2D eigenvalue weighted by molar-refractivity contribution is -0.127. The fraction of sp³-hybridized carbons (Fsp3) is 0.600. The van der Waals surface area contributed by atoms with E-state index in [2.05, 4.69) is 20.4 Å². The minimum absolute atomic E-state index is 0.0250. The van der Waals surface area contributed by atoms with Crippen LogP contribution >= 0.6 is 0 Å². The molecule has 0 atom stereocenters. The number of halogens is 2. The molecule has 1 aromatic carbocycles. The second-order valence-corrected chi connectivity index (χ2v) is 6.64. The van der Waals surface area contributed by atoms with Crippen LogP contribution < -0.4 is 20.1 Å². The molecule has 1 aliphatic heterocycles. The van der Waals surface area contributed by atoms with Crippen molar-refractivity contribution in [2.45, 2.75) is 39.2 Å². The molecule has 0 spiro atoms. The fourth-order valence-corrected chi connectivity index (χ4v) is 3.12. The van der Waals surface area contributed by atoms with E-state index in [1.54, 1.807) is 12.1 Å². The second-order valence-electron chi connectivity index (χ2n) is 6.64. The van der Waals surface area contributed by atoms with Crippen LogP contribution in [0.15, 0.2) is 23.2 Å². The normalized spacial score (nSPS) is 14.4. The Hall–Kier alpha value is -2.58. The Bertz CT molecular complexity index is 686. The molecular formula is C20H30F2N4O3. The van der Waals surface area contributed by atoms with Crippen LogP contribution in [0.4, 0.5) is 8.78 Å². The van der Waals surface area contributed by atoms with Gasteiger partial charge in [-0.3, -0.25) is 9.79 Å². The van der Waals surface area contributed by atoms with Crippen molar-refractivity contribution in [2.24, 2.45) is 4.99 Å². The van der Waals surface area contributed by atoms with Gasteiger partial charge in [0, 0.05) is 39.1 Å². The van der Waals surface area contributed by atoms with Crippen LogP contribution in [-0.2, 0) is 11.2 Å². The number of ether oxygens (including phenoxy) is 2. The zero-order valence-electron chi connectivity index (χ0n) is 17.0. The molecule has 29 heavy (non-hydrogen) atoms. The van der Waals surface area contributed by atoms with E-state index in [0.29, 0.717) is 31.9 Å². The zero-order chi connectivity index (χ0) is 21.1. The van der Waals surface area contributed by atoms with Gasteiger partial charge in [-0.1, -0.05) is 6.07 Å². The molecule has 2 rings (SSSR count).